The molecule has 3 aliphatic rings. The van der Waals surface area contributed by atoms with E-state index in [9.17, 15) is 14.4 Å². The number of hydrogen-bond acceptors (Lipinski definition) is 9. The molecule has 1 fully saturated rings. The second-order valence-electron chi connectivity index (χ2n) is 8.51. The lowest BCUT2D eigenvalue weighted by Crippen LogP contribution is -2.49. The minimum absolute atomic E-state index is 0.00388. The van der Waals surface area contributed by atoms with E-state index in [1.54, 1.807) is 12.4 Å². The van der Waals surface area contributed by atoms with Crippen molar-refractivity contribution in [1.29, 1.82) is 0 Å². The van der Waals surface area contributed by atoms with Crippen LogP contribution in [0.3, 0.4) is 0 Å². The van der Waals surface area contributed by atoms with Crippen LogP contribution in [0.25, 0.3) is 5.57 Å². The van der Waals surface area contributed by atoms with E-state index in [4.69, 9.17) is 21.6 Å². The molecular formula is C21H25ClN6O3S. The highest BCUT2D eigenvalue weighted by atomic mass is 35.5. The van der Waals surface area contributed by atoms with Gasteiger partial charge in [0.15, 0.2) is 5.82 Å². The van der Waals surface area contributed by atoms with Crippen molar-refractivity contribution in [3.63, 3.8) is 0 Å². The number of fused-ring (bicyclic) bond motifs is 1. The van der Waals surface area contributed by atoms with Crippen molar-refractivity contribution in [2.75, 3.05) is 35.7 Å². The highest BCUT2D eigenvalue weighted by molar-refractivity contribution is 7.85. The first kappa shape index (κ1) is 21.7. The van der Waals surface area contributed by atoms with Gasteiger partial charge in [-0.1, -0.05) is 17.7 Å². The van der Waals surface area contributed by atoms with E-state index in [0.717, 1.165) is 30.5 Å². The molecule has 4 heterocycles. The molecule has 2 aliphatic heterocycles. The highest BCUT2D eigenvalue weighted by Gasteiger charge is 2.39. The molecule has 3 N–H and O–H groups in total. The normalized spacial score (nSPS) is 24.0. The number of anilines is 2. The van der Waals surface area contributed by atoms with Crippen LogP contribution in [0.15, 0.2) is 23.4 Å². The Hall–Kier alpha value is -2.14. The summed E-state index contributed by atoms with van der Waals surface area (Å²) >= 11 is 5.90. The Kier molecular flexibility index (Phi) is 5.87. The Morgan fingerprint density at radius 2 is 2.03 bits per heavy atom. The van der Waals surface area contributed by atoms with E-state index < -0.39 is 16.3 Å². The molecule has 0 aromatic carbocycles. The van der Waals surface area contributed by atoms with Gasteiger partial charge in [-0.15, -0.1) is 0 Å². The maximum atomic E-state index is 12.6. The van der Waals surface area contributed by atoms with Crippen LogP contribution in [0.5, 0.6) is 0 Å². The Morgan fingerprint density at radius 1 is 1.25 bits per heavy atom. The molecule has 2 atom stereocenters. The van der Waals surface area contributed by atoms with Gasteiger partial charge in [0.05, 0.1) is 46.3 Å². The molecule has 1 aliphatic carbocycles. The molecule has 32 heavy (non-hydrogen) atoms. The molecule has 0 bridgehead atoms. The van der Waals surface area contributed by atoms with Crippen LogP contribution in [0.1, 0.15) is 37.2 Å². The summed E-state index contributed by atoms with van der Waals surface area (Å²) in [5.74, 6) is 2.15. The summed E-state index contributed by atoms with van der Waals surface area (Å²) in [7, 11) is -1.16. The predicted octanol–water partition coefficient (Wildman–Crippen LogP) is 1.57. The Morgan fingerprint density at radius 3 is 2.69 bits per heavy atom. The summed E-state index contributed by atoms with van der Waals surface area (Å²) in [5.41, 5.74) is 1.30. The van der Waals surface area contributed by atoms with Crippen molar-refractivity contribution in [3.8, 4) is 0 Å². The van der Waals surface area contributed by atoms with Crippen molar-refractivity contribution in [2.24, 2.45) is 0 Å². The first-order valence-electron chi connectivity index (χ1n) is 10.7. The predicted molar refractivity (Wildman–Crippen MR) is 122 cm³/mol. The number of aliphatic hydroxyl groups excluding tert-OH is 2. The zero-order chi connectivity index (χ0) is 22.3. The molecule has 0 radical (unpaired) electrons. The van der Waals surface area contributed by atoms with E-state index in [1.165, 1.54) is 0 Å². The average molecular weight is 477 g/mol. The summed E-state index contributed by atoms with van der Waals surface area (Å²) < 4.78 is 12.6. The third-order valence-corrected chi connectivity index (χ3v) is 8.13. The van der Waals surface area contributed by atoms with Crippen molar-refractivity contribution < 1.29 is 14.4 Å². The third kappa shape index (κ3) is 3.89. The molecule has 170 valence electrons. The van der Waals surface area contributed by atoms with Crippen molar-refractivity contribution in [3.05, 3.63) is 35.0 Å². The molecular weight excluding hydrogens is 452 g/mol. The number of hydrogen-bond donors (Lipinski definition) is 3. The molecule has 11 heteroatoms. The minimum atomic E-state index is -1.16. The van der Waals surface area contributed by atoms with E-state index in [-0.39, 0.29) is 19.3 Å². The van der Waals surface area contributed by atoms with Gasteiger partial charge in [-0.25, -0.2) is 15.0 Å². The van der Waals surface area contributed by atoms with Crippen molar-refractivity contribution >= 4 is 39.7 Å². The largest absolute Gasteiger partial charge is 0.394 e. The van der Waals surface area contributed by atoms with Crippen LogP contribution in [-0.2, 0) is 17.2 Å². The zero-order valence-corrected chi connectivity index (χ0v) is 19.1. The van der Waals surface area contributed by atoms with Gasteiger partial charge in [-0.05, 0) is 31.3 Å². The van der Waals surface area contributed by atoms with Gasteiger partial charge in [0.1, 0.15) is 10.7 Å². The second-order valence-corrected chi connectivity index (χ2v) is 10.5. The maximum Gasteiger partial charge on any atom is 0.228 e. The average Bonchev–Trinajstić information content (AvgIpc) is 3.17. The van der Waals surface area contributed by atoms with Gasteiger partial charge in [0.2, 0.25) is 5.95 Å². The molecule has 1 saturated carbocycles. The smallest absolute Gasteiger partial charge is 0.228 e. The topological polar surface area (TPSA) is 124 Å². The molecule has 2 aromatic rings. The summed E-state index contributed by atoms with van der Waals surface area (Å²) in [4.78, 5) is 20.7. The number of aliphatic hydroxyl groups is 2. The molecule has 0 amide bonds. The van der Waals surface area contributed by atoms with E-state index in [1.807, 2.05) is 11.0 Å². The molecule has 0 saturated heterocycles. The first-order chi connectivity index (χ1) is 15.5. The molecule has 5 rings (SSSR count). The van der Waals surface area contributed by atoms with Gasteiger partial charge in [0, 0.05) is 31.1 Å². The first-order valence-corrected chi connectivity index (χ1v) is 12.4. The fraction of sp³-hybridized carbons (Fsp3) is 0.524. The summed E-state index contributed by atoms with van der Waals surface area (Å²) in [6.45, 7) is 0.406. The van der Waals surface area contributed by atoms with Gasteiger partial charge < -0.3 is 20.4 Å². The van der Waals surface area contributed by atoms with Crippen LogP contribution < -0.4 is 10.2 Å². The molecule has 9 nitrogen and oxygen atoms in total. The maximum absolute atomic E-state index is 12.6. The molecule has 0 spiro atoms. The van der Waals surface area contributed by atoms with Gasteiger partial charge in [-0.2, -0.15) is 4.98 Å². The highest BCUT2D eigenvalue weighted by Crippen LogP contribution is 2.39. The minimum Gasteiger partial charge on any atom is -0.394 e. The Labute approximate surface area is 193 Å². The van der Waals surface area contributed by atoms with Crippen molar-refractivity contribution in [1.82, 2.24) is 19.9 Å². The SMILES string of the molecule is O=[S@]1CCc2nc(N3CC=C(c4ncc(Cl)cn4)C[C@@H]3CO)nc(NC3(CO)CCC3)c21. The molecule has 2 aromatic heterocycles. The molecule has 0 unspecified atom stereocenters. The van der Waals surface area contributed by atoms with Crippen LogP contribution >= 0.6 is 11.6 Å². The lowest BCUT2D eigenvalue weighted by molar-refractivity contribution is 0.143. The zero-order valence-electron chi connectivity index (χ0n) is 17.5. The lowest BCUT2D eigenvalue weighted by Gasteiger charge is -2.42. The van der Waals surface area contributed by atoms with E-state index in [2.05, 4.69) is 15.3 Å². The number of rotatable bonds is 6. The summed E-state index contributed by atoms with van der Waals surface area (Å²) in [5, 5.41) is 23.9. The quantitative estimate of drug-likeness (QED) is 0.569. The van der Waals surface area contributed by atoms with Crippen molar-refractivity contribution in [2.45, 2.75) is 48.6 Å². The van der Waals surface area contributed by atoms with Gasteiger partial charge >= 0.3 is 0 Å². The number of aromatic nitrogens is 4. The van der Waals surface area contributed by atoms with Crippen LogP contribution in [0, 0.1) is 0 Å². The number of halogens is 1. The van der Waals surface area contributed by atoms with Crippen LogP contribution in [0.2, 0.25) is 5.02 Å². The fourth-order valence-electron chi connectivity index (χ4n) is 4.45. The number of nitrogens with one attached hydrogen (secondary N) is 1. The van der Waals surface area contributed by atoms with E-state index in [0.29, 0.717) is 52.6 Å². The second kappa shape index (κ2) is 8.66. The third-order valence-electron chi connectivity index (χ3n) is 6.48. The van der Waals surface area contributed by atoms with E-state index >= 15 is 0 Å². The number of nitrogens with zero attached hydrogens (tertiary/aromatic N) is 5. The van der Waals surface area contributed by atoms with Gasteiger partial charge in [-0.3, -0.25) is 4.21 Å². The van der Waals surface area contributed by atoms with Gasteiger partial charge in [0.25, 0.3) is 0 Å². The lowest BCUT2D eigenvalue weighted by atomic mass is 9.77. The van der Waals surface area contributed by atoms with Crippen LogP contribution in [-0.4, -0.2) is 71.5 Å². The Bertz CT molecular complexity index is 1070. The fourth-order valence-corrected chi connectivity index (χ4v) is 5.85. The standard InChI is InChI=1S/C21H25ClN6O3S/c22-14-9-23-18(24-10-14)13-2-6-28(15(8-13)11-29)20-25-16-3-7-32(31)17(16)19(26-20)27-21(12-30)4-1-5-21/h2,9-10,15,29-30H,1,3-8,11-12H2,(H,25,26,27)/t15-,32+/m1/s1. The monoisotopic (exact) mass is 476 g/mol. The van der Waals surface area contributed by atoms with Crippen LogP contribution in [0.4, 0.5) is 11.8 Å². The summed E-state index contributed by atoms with van der Waals surface area (Å²) in [6.07, 6.45) is 9.02. The number of aryl methyl sites for hydroxylation is 1. The summed E-state index contributed by atoms with van der Waals surface area (Å²) in [6, 6.07) is -0.248. The Balaban J connectivity index is 1.48.